The molecule has 1 heterocycles. The van der Waals surface area contributed by atoms with Gasteiger partial charge in [-0.1, -0.05) is 41.9 Å². The molecule has 4 nitrogen and oxygen atoms in total. The van der Waals surface area contributed by atoms with Gasteiger partial charge in [-0.05, 0) is 23.8 Å². The first-order valence-corrected chi connectivity index (χ1v) is 8.29. The monoisotopic (exact) mass is 375 g/mol. The van der Waals surface area contributed by atoms with Crippen LogP contribution in [-0.4, -0.2) is 22.1 Å². The first-order valence-electron chi connectivity index (χ1n) is 7.91. The Labute approximate surface area is 154 Å². The van der Waals surface area contributed by atoms with E-state index >= 15 is 0 Å². The lowest BCUT2D eigenvalue weighted by molar-refractivity contribution is 0.102. The molecule has 0 bridgehead atoms. The number of rotatable bonds is 5. The Kier molecular flexibility index (Phi) is 5.32. The number of anilines is 1. The van der Waals surface area contributed by atoms with E-state index in [1.165, 1.54) is 10.9 Å². The minimum absolute atomic E-state index is 0.0731. The fourth-order valence-electron chi connectivity index (χ4n) is 2.68. The average molecular weight is 376 g/mol. The Morgan fingerprint density at radius 1 is 1.19 bits per heavy atom. The zero-order valence-corrected chi connectivity index (χ0v) is 14.7. The van der Waals surface area contributed by atoms with Gasteiger partial charge in [0.05, 0.1) is 17.7 Å². The lowest BCUT2D eigenvalue weighted by atomic mass is 10.0. The summed E-state index contributed by atoms with van der Waals surface area (Å²) < 4.78 is 26.8. The molecule has 1 N–H and O–H groups in total. The van der Waals surface area contributed by atoms with Crippen molar-refractivity contribution in [1.82, 2.24) is 9.78 Å². The van der Waals surface area contributed by atoms with Crippen LogP contribution >= 0.6 is 11.6 Å². The third-order valence-corrected chi connectivity index (χ3v) is 4.08. The van der Waals surface area contributed by atoms with Gasteiger partial charge in [0.25, 0.3) is 5.91 Å². The molecule has 0 unspecified atom stereocenters. The first kappa shape index (κ1) is 18.1. The molecule has 3 aromatic rings. The highest BCUT2D eigenvalue weighted by Gasteiger charge is 2.20. The quantitative estimate of drug-likeness (QED) is 0.696. The van der Waals surface area contributed by atoms with Gasteiger partial charge in [-0.2, -0.15) is 5.10 Å². The number of para-hydroxylation sites is 1. The first-order chi connectivity index (χ1) is 12.4. The molecule has 134 valence electrons. The molecule has 0 spiro atoms. The van der Waals surface area contributed by atoms with Gasteiger partial charge in [-0.15, -0.1) is 0 Å². The van der Waals surface area contributed by atoms with E-state index in [-0.39, 0.29) is 11.3 Å². The maximum atomic E-state index is 12.7. The molecule has 0 saturated carbocycles. The van der Waals surface area contributed by atoms with Crippen LogP contribution in [0.2, 0.25) is 5.02 Å². The van der Waals surface area contributed by atoms with E-state index < -0.39 is 18.8 Å². The molecule has 3 rings (SSSR count). The number of amides is 1. The molecule has 1 amide bonds. The lowest BCUT2D eigenvalue weighted by Gasteiger charge is -2.11. The summed E-state index contributed by atoms with van der Waals surface area (Å²) in [4.78, 5) is 12.6. The molecule has 0 fully saturated rings. The zero-order valence-electron chi connectivity index (χ0n) is 13.9. The molecule has 2 aromatic carbocycles. The van der Waals surface area contributed by atoms with Crippen LogP contribution in [0.1, 0.15) is 16.1 Å². The molecule has 0 aliphatic heterocycles. The number of aromatic nitrogens is 2. The topological polar surface area (TPSA) is 46.9 Å². The maximum absolute atomic E-state index is 12.7. The van der Waals surface area contributed by atoms with E-state index in [1.54, 1.807) is 31.3 Å². The third-order valence-electron chi connectivity index (χ3n) is 3.83. The smallest absolute Gasteiger partial charge is 0.259 e. The SMILES string of the molecule is Cn1cc(C(=O)Nc2ccccc2-c2ccc(Cl)cc2)c(CC(F)F)n1. The number of aryl methyl sites for hydroxylation is 1. The Morgan fingerprint density at radius 3 is 2.58 bits per heavy atom. The summed E-state index contributed by atoms with van der Waals surface area (Å²) in [6, 6.07) is 14.5. The van der Waals surface area contributed by atoms with Gasteiger partial charge in [0.15, 0.2) is 0 Å². The maximum Gasteiger partial charge on any atom is 0.259 e. The fraction of sp³-hybridized carbons (Fsp3) is 0.158. The lowest BCUT2D eigenvalue weighted by Crippen LogP contribution is -2.15. The number of hydrogen-bond donors (Lipinski definition) is 1. The number of carbonyl (C=O) groups is 1. The predicted molar refractivity (Wildman–Crippen MR) is 97.8 cm³/mol. The highest BCUT2D eigenvalue weighted by molar-refractivity contribution is 6.30. The van der Waals surface area contributed by atoms with Crippen LogP contribution in [-0.2, 0) is 13.5 Å². The van der Waals surface area contributed by atoms with Gasteiger partial charge in [0.2, 0.25) is 6.43 Å². The minimum Gasteiger partial charge on any atom is -0.321 e. The van der Waals surface area contributed by atoms with Gasteiger partial charge in [0, 0.05) is 29.5 Å². The Balaban J connectivity index is 1.90. The van der Waals surface area contributed by atoms with Gasteiger partial charge >= 0.3 is 0 Å². The Hall–Kier alpha value is -2.73. The van der Waals surface area contributed by atoms with E-state index in [0.29, 0.717) is 10.7 Å². The van der Waals surface area contributed by atoms with E-state index in [9.17, 15) is 13.6 Å². The van der Waals surface area contributed by atoms with Crippen molar-refractivity contribution in [2.24, 2.45) is 7.05 Å². The molecule has 0 aliphatic rings. The largest absolute Gasteiger partial charge is 0.321 e. The van der Waals surface area contributed by atoms with Crippen LogP contribution in [0.25, 0.3) is 11.1 Å². The summed E-state index contributed by atoms with van der Waals surface area (Å²) in [6.45, 7) is 0. The summed E-state index contributed by atoms with van der Waals surface area (Å²) in [5.41, 5.74) is 2.47. The summed E-state index contributed by atoms with van der Waals surface area (Å²) in [5, 5.41) is 7.37. The minimum atomic E-state index is -2.57. The van der Waals surface area contributed by atoms with Crippen molar-refractivity contribution in [2.45, 2.75) is 12.8 Å². The third kappa shape index (κ3) is 4.08. The molecule has 0 saturated heterocycles. The summed E-state index contributed by atoms with van der Waals surface area (Å²) in [6.07, 6.45) is -1.70. The molecule has 0 aliphatic carbocycles. The van der Waals surface area contributed by atoms with Crippen molar-refractivity contribution < 1.29 is 13.6 Å². The molecule has 1 aromatic heterocycles. The zero-order chi connectivity index (χ0) is 18.7. The molecule has 0 radical (unpaired) electrons. The molecule has 7 heteroatoms. The van der Waals surface area contributed by atoms with Crippen molar-refractivity contribution in [2.75, 3.05) is 5.32 Å². The number of halogens is 3. The number of carbonyl (C=O) groups excluding carboxylic acids is 1. The van der Waals surface area contributed by atoms with Crippen molar-refractivity contribution in [3.63, 3.8) is 0 Å². The number of nitrogens with one attached hydrogen (secondary N) is 1. The van der Waals surface area contributed by atoms with Crippen LogP contribution < -0.4 is 5.32 Å². The van der Waals surface area contributed by atoms with Crippen LogP contribution in [0.5, 0.6) is 0 Å². The number of hydrogen-bond acceptors (Lipinski definition) is 2. The van der Waals surface area contributed by atoms with E-state index in [4.69, 9.17) is 11.6 Å². The van der Waals surface area contributed by atoms with E-state index in [0.717, 1.165) is 11.1 Å². The highest BCUT2D eigenvalue weighted by Crippen LogP contribution is 2.29. The van der Waals surface area contributed by atoms with E-state index in [2.05, 4.69) is 10.4 Å². The Morgan fingerprint density at radius 2 is 1.88 bits per heavy atom. The van der Waals surface area contributed by atoms with Crippen molar-refractivity contribution in [3.8, 4) is 11.1 Å². The van der Waals surface area contributed by atoms with Crippen LogP contribution in [0.15, 0.2) is 54.7 Å². The van der Waals surface area contributed by atoms with Gasteiger partial charge in [-0.25, -0.2) is 8.78 Å². The molecular weight excluding hydrogens is 360 g/mol. The van der Waals surface area contributed by atoms with Gasteiger partial charge in [0.1, 0.15) is 0 Å². The van der Waals surface area contributed by atoms with Gasteiger partial charge in [-0.3, -0.25) is 9.48 Å². The summed E-state index contributed by atoms with van der Waals surface area (Å²) >= 11 is 5.92. The van der Waals surface area contributed by atoms with Crippen LogP contribution in [0.4, 0.5) is 14.5 Å². The van der Waals surface area contributed by atoms with Crippen molar-refractivity contribution in [1.29, 1.82) is 0 Å². The second-order valence-electron chi connectivity index (χ2n) is 5.76. The second kappa shape index (κ2) is 7.66. The van der Waals surface area contributed by atoms with Crippen molar-refractivity contribution >= 4 is 23.2 Å². The fourth-order valence-corrected chi connectivity index (χ4v) is 2.81. The summed E-state index contributed by atoms with van der Waals surface area (Å²) in [7, 11) is 1.59. The highest BCUT2D eigenvalue weighted by atomic mass is 35.5. The number of nitrogens with zero attached hydrogens (tertiary/aromatic N) is 2. The number of alkyl halides is 2. The Bertz CT molecular complexity index is 923. The van der Waals surface area contributed by atoms with E-state index in [1.807, 2.05) is 24.3 Å². The molecule has 0 atom stereocenters. The molecule has 26 heavy (non-hydrogen) atoms. The van der Waals surface area contributed by atoms with Gasteiger partial charge < -0.3 is 5.32 Å². The number of benzene rings is 2. The van der Waals surface area contributed by atoms with Crippen LogP contribution in [0.3, 0.4) is 0 Å². The summed E-state index contributed by atoms with van der Waals surface area (Å²) in [5.74, 6) is -0.477. The standard InChI is InChI=1S/C19H16ClF2N3O/c1-25-11-15(17(24-25)10-18(21)22)19(26)23-16-5-3-2-4-14(16)12-6-8-13(20)9-7-12/h2-9,11,18H,10H2,1H3,(H,23,26). The molecular formula is C19H16ClF2N3O. The van der Waals surface area contributed by atoms with Crippen molar-refractivity contribution in [3.05, 3.63) is 71.0 Å². The average Bonchev–Trinajstić information content (AvgIpc) is 2.96. The second-order valence-corrected chi connectivity index (χ2v) is 6.20. The predicted octanol–water partition coefficient (Wildman–Crippen LogP) is 4.80. The normalized spacial score (nSPS) is 11.0. The van der Waals surface area contributed by atoms with Crippen LogP contribution in [0, 0.1) is 0 Å².